The van der Waals surface area contributed by atoms with Crippen LogP contribution in [0.25, 0.3) is 0 Å². The normalized spacial score (nSPS) is 19.9. The average Bonchev–Trinajstić information content (AvgIpc) is 2.35. The summed E-state index contributed by atoms with van der Waals surface area (Å²) < 4.78 is 0. The Balaban J connectivity index is 1.78. The molecule has 1 heterocycles. The maximum absolute atomic E-state index is 5.90. The van der Waals surface area contributed by atoms with E-state index in [9.17, 15) is 0 Å². The Labute approximate surface area is 115 Å². The molecule has 0 saturated carbocycles. The van der Waals surface area contributed by atoms with Gasteiger partial charge in [0.15, 0.2) is 0 Å². The van der Waals surface area contributed by atoms with E-state index in [4.69, 9.17) is 11.6 Å². The van der Waals surface area contributed by atoms with Crippen molar-refractivity contribution in [1.82, 2.24) is 10.2 Å². The summed E-state index contributed by atoms with van der Waals surface area (Å²) in [5, 5.41) is 4.56. The smallest absolute Gasteiger partial charge is 0.0406 e. The van der Waals surface area contributed by atoms with Gasteiger partial charge in [-0.05, 0) is 64.0 Å². The number of nitrogens with one attached hydrogen (secondary N) is 1. The second-order valence-electron chi connectivity index (χ2n) is 5.48. The topological polar surface area (TPSA) is 15.3 Å². The lowest BCUT2D eigenvalue weighted by Gasteiger charge is -2.31. The Morgan fingerprint density at radius 2 is 1.89 bits per heavy atom. The fraction of sp³-hybridized carbons (Fsp3) is 0.600. The van der Waals surface area contributed by atoms with Crippen LogP contribution in [0.4, 0.5) is 0 Å². The van der Waals surface area contributed by atoms with E-state index in [1.165, 1.54) is 31.5 Å². The second-order valence-corrected chi connectivity index (χ2v) is 5.91. The monoisotopic (exact) mass is 266 g/mol. The number of hydrogen-bond donors (Lipinski definition) is 1. The number of nitrogens with zero attached hydrogens (tertiary/aromatic N) is 1. The van der Waals surface area contributed by atoms with E-state index in [-0.39, 0.29) is 0 Å². The van der Waals surface area contributed by atoms with E-state index in [0.29, 0.717) is 12.1 Å². The Morgan fingerprint density at radius 1 is 1.28 bits per heavy atom. The molecule has 0 spiro atoms. The third-order valence-corrected chi connectivity index (χ3v) is 3.95. The Hall–Kier alpha value is -0.570. The SMILES string of the molecule is CC(Cc1ccc(Cl)cc1)NC1CCN(C)CC1. The van der Waals surface area contributed by atoms with Gasteiger partial charge in [-0.2, -0.15) is 0 Å². The van der Waals surface area contributed by atoms with Crippen LogP contribution in [0.5, 0.6) is 0 Å². The lowest BCUT2D eigenvalue weighted by molar-refractivity contribution is 0.226. The molecule has 2 nitrogen and oxygen atoms in total. The number of hydrogen-bond acceptors (Lipinski definition) is 2. The largest absolute Gasteiger partial charge is 0.311 e. The first-order valence-electron chi connectivity index (χ1n) is 6.82. The van der Waals surface area contributed by atoms with E-state index >= 15 is 0 Å². The highest BCUT2D eigenvalue weighted by molar-refractivity contribution is 6.30. The summed E-state index contributed by atoms with van der Waals surface area (Å²) in [6, 6.07) is 9.39. The fourth-order valence-electron chi connectivity index (χ4n) is 2.61. The molecule has 0 aliphatic carbocycles. The molecule has 1 aromatic rings. The molecule has 1 atom stereocenters. The van der Waals surface area contributed by atoms with Gasteiger partial charge in [-0.25, -0.2) is 0 Å². The minimum atomic E-state index is 0.527. The van der Waals surface area contributed by atoms with Gasteiger partial charge in [0, 0.05) is 17.1 Å². The van der Waals surface area contributed by atoms with Gasteiger partial charge >= 0.3 is 0 Å². The zero-order chi connectivity index (χ0) is 13.0. The molecule has 100 valence electrons. The van der Waals surface area contributed by atoms with Gasteiger partial charge in [0.1, 0.15) is 0 Å². The molecule has 0 bridgehead atoms. The van der Waals surface area contributed by atoms with Crippen molar-refractivity contribution in [3.05, 3.63) is 34.9 Å². The molecule has 1 N–H and O–H groups in total. The summed E-state index contributed by atoms with van der Waals surface area (Å²) >= 11 is 5.90. The quantitative estimate of drug-likeness (QED) is 0.902. The second kappa shape index (κ2) is 6.55. The molecule has 3 heteroatoms. The fourth-order valence-corrected chi connectivity index (χ4v) is 2.74. The third kappa shape index (κ3) is 4.27. The Kier molecular flexibility index (Phi) is 5.04. The minimum Gasteiger partial charge on any atom is -0.311 e. The summed E-state index contributed by atoms with van der Waals surface area (Å²) in [5.74, 6) is 0. The predicted molar refractivity (Wildman–Crippen MR) is 78.3 cm³/mol. The lowest BCUT2D eigenvalue weighted by atomic mass is 10.0. The molecular weight excluding hydrogens is 244 g/mol. The number of likely N-dealkylation sites (tertiary alicyclic amines) is 1. The maximum atomic E-state index is 5.90. The van der Waals surface area contributed by atoms with E-state index in [2.05, 4.69) is 36.3 Å². The van der Waals surface area contributed by atoms with Gasteiger partial charge in [0.05, 0.1) is 0 Å². The van der Waals surface area contributed by atoms with Crippen molar-refractivity contribution in [2.24, 2.45) is 0 Å². The van der Waals surface area contributed by atoms with Gasteiger partial charge < -0.3 is 10.2 Å². The van der Waals surface area contributed by atoms with Crippen LogP contribution >= 0.6 is 11.6 Å². The third-order valence-electron chi connectivity index (χ3n) is 3.69. The van der Waals surface area contributed by atoms with Crippen LogP contribution in [0, 0.1) is 0 Å². The van der Waals surface area contributed by atoms with Crippen molar-refractivity contribution in [2.75, 3.05) is 20.1 Å². The van der Waals surface area contributed by atoms with E-state index in [1.54, 1.807) is 0 Å². The summed E-state index contributed by atoms with van der Waals surface area (Å²) in [4.78, 5) is 2.40. The van der Waals surface area contributed by atoms with Crippen LogP contribution in [-0.4, -0.2) is 37.1 Å². The molecule has 0 radical (unpaired) electrons. The van der Waals surface area contributed by atoms with E-state index in [0.717, 1.165) is 11.4 Å². The van der Waals surface area contributed by atoms with Gasteiger partial charge in [-0.3, -0.25) is 0 Å². The predicted octanol–water partition coefficient (Wildman–Crippen LogP) is 2.95. The summed E-state index contributed by atoms with van der Waals surface area (Å²) in [7, 11) is 2.20. The molecule has 1 fully saturated rings. The highest BCUT2D eigenvalue weighted by atomic mass is 35.5. The van der Waals surface area contributed by atoms with Crippen LogP contribution in [0.15, 0.2) is 24.3 Å². The van der Waals surface area contributed by atoms with E-state index in [1.807, 2.05) is 12.1 Å². The molecule has 1 saturated heterocycles. The van der Waals surface area contributed by atoms with Crippen LogP contribution in [0.2, 0.25) is 5.02 Å². The number of benzene rings is 1. The summed E-state index contributed by atoms with van der Waals surface area (Å²) in [5.41, 5.74) is 1.35. The number of piperidine rings is 1. The highest BCUT2D eigenvalue weighted by Gasteiger charge is 2.18. The first kappa shape index (κ1) is 13.9. The van der Waals surface area contributed by atoms with Crippen molar-refractivity contribution >= 4 is 11.6 Å². The van der Waals surface area contributed by atoms with Gasteiger partial charge in [0.2, 0.25) is 0 Å². The molecule has 1 unspecified atom stereocenters. The highest BCUT2D eigenvalue weighted by Crippen LogP contribution is 2.13. The standard InChI is InChI=1S/C15H23ClN2/c1-12(11-13-3-5-14(16)6-4-13)17-15-7-9-18(2)10-8-15/h3-6,12,15,17H,7-11H2,1-2H3. The van der Waals surface area contributed by atoms with Crippen LogP contribution in [-0.2, 0) is 6.42 Å². The Bertz CT molecular complexity index is 355. The molecule has 18 heavy (non-hydrogen) atoms. The van der Waals surface area contributed by atoms with Crippen molar-refractivity contribution in [1.29, 1.82) is 0 Å². The Morgan fingerprint density at radius 3 is 2.50 bits per heavy atom. The van der Waals surface area contributed by atoms with Gasteiger partial charge in [-0.1, -0.05) is 23.7 Å². The average molecular weight is 267 g/mol. The van der Waals surface area contributed by atoms with Crippen LogP contribution in [0.3, 0.4) is 0 Å². The molecule has 1 aromatic carbocycles. The van der Waals surface area contributed by atoms with Crippen molar-refractivity contribution in [2.45, 2.75) is 38.3 Å². The molecule has 0 aromatic heterocycles. The molecule has 1 aliphatic rings. The van der Waals surface area contributed by atoms with Gasteiger partial charge in [0.25, 0.3) is 0 Å². The zero-order valence-corrected chi connectivity index (χ0v) is 12.1. The maximum Gasteiger partial charge on any atom is 0.0406 e. The van der Waals surface area contributed by atoms with Crippen molar-refractivity contribution in [3.8, 4) is 0 Å². The first-order chi connectivity index (χ1) is 8.63. The molecule has 2 rings (SSSR count). The first-order valence-corrected chi connectivity index (χ1v) is 7.20. The lowest BCUT2D eigenvalue weighted by Crippen LogP contribution is -2.44. The molecular formula is C15H23ClN2. The molecule has 0 amide bonds. The summed E-state index contributed by atoms with van der Waals surface area (Å²) in [6.45, 7) is 4.70. The van der Waals surface area contributed by atoms with Crippen LogP contribution < -0.4 is 5.32 Å². The van der Waals surface area contributed by atoms with Crippen molar-refractivity contribution in [3.63, 3.8) is 0 Å². The van der Waals surface area contributed by atoms with Crippen molar-refractivity contribution < 1.29 is 0 Å². The van der Waals surface area contributed by atoms with E-state index < -0.39 is 0 Å². The van der Waals surface area contributed by atoms with Gasteiger partial charge in [-0.15, -0.1) is 0 Å². The summed E-state index contributed by atoms with van der Waals surface area (Å²) in [6.07, 6.45) is 3.60. The number of rotatable bonds is 4. The molecule has 1 aliphatic heterocycles. The number of halogens is 1. The minimum absolute atomic E-state index is 0.527. The van der Waals surface area contributed by atoms with Crippen LogP contribution in [0.1, 0.15) is 25.3 Å². The zero-order valence-electron chi connectivity index (χ0n) is 11.3.